The SMILES string of the molecule is Cc1cc(C(=O)N[C@@H]2CCCC[C@H]2C(C)(C)C)no1. The van der Waals surface area contributed by atoms with Gasteiger partial charge in [0, 0.05) is 12.1 Å². The normalized spacial score (nSPS) is 24.2. The zero-order chi connectivity index (χ0) is 14.0. The zero-order valence-electron chi connectivity index (χ0n) is 12.3. The summed E-state index contributed by atoms with van der Waals surface area (Å²) >= 11 is 0. The molecule has 1 N–H and O–H groups in total. The maximum Gasteiger partial charge on any atom is 0.273 e. The maximum absolute atomic E-state index is 12.2. The molecule has 0 saturated heterocycles. The Bertz CT molecular complexity index is 445. The summed E-state index contributed by atoms with van der Waals surface area (Å²) in [5, 5.41) is 6.93. The molecule has 1 aromatic heterocycles. The molecule has 1 saturated carbocycles. The van der Waals surface area contributed by atoms with Crippen LogP contribution in [0.1, 0.15) is 62.7 Å². The second-order valence-corrected chi connectivity index (χ2v) is 6.66. The summed E-state index contributed by atoms with van der Waals surface area (Å²) in [6, 6.07) is 1.93. The predicted octanol–water partition coefficient (Wildman–Crippen LogP) is 3.32. The summed E-state index contributed by atoms with van der Waals surface area (Å²) in [4.78, 5) is 12.2. The smallest absolute Gasteiger partial charge is 0.273 e. The molecule has 2 rings (SSSR count). The Morgan fingerprint density at radius 1 is 1.37 bits per heavy atom. The highest BCUT2D eigenvalue weighted by molar-refractivity contribution is 5.92. The standard InChI is InChI=1S/C15H24N2O2/c1-10-9-13(17-19-10)14(18)16-12-8-6-5-7-11(12)15(2,3)4/h9,11-12H,5-8H2,1-4H3,(H,16,18)/t11-,12-/m1/s1. The first-order valence-electron chi connectivity index (χ1n) is 7.12. The van der Waals surface area contributed by atoms with Gasteiger partial charge in [0.15, 0.2) is 5.69 Å². The van der Waals surface area contributed by atoms with Crippen molar-refractivity contribution in [3.8, 4) is 0 Å². The highest BCUT2D eigenvalue weighted by Gasteiger charge is 2.35. The van der Waals surface area contributed by atoms with E-state index in [1.165, 1.54) is 19.3 Å². The number of hydrogen-bond donors (Lipinski definition) is 1. The Morgan fingerprint density at radius 2 is 2.05 bits per heavy atom. The van der Waals surface area contributed by atoms with E-state index in [9.17, 15) is 4.79 Å². The van der Waals surface area contributed by atoms with Crippen molar-refractivity contribution in [1.29, 1.82) is 0 Å². The summed E-state index contributed by atoms with van der Waals surface area (Å²) < 4.78 is 4.96. The van der Waals surface area contributed by atoms with Gasteiger partial charge in [0.25, 0.3) is 5.91 Å². The van der Waals surface area contributed by atoms with Crippen LogP contribution in [0.15, 0.2) is 10.6 Å². The van der Waals surface area contributed by atoms with Crippen LogP contribution in [0.4, 0.5) is 0 Å². The Kier molecular flexibility index (Phi) is 3.97. The Morgan fingerprint density at radius 3 is 2.63 bits per heavy atom. The van der Waals surface area contributed by atoms with Crippen molar-refractivity contribution < 1.29 is 9.32 Å². The van der Waals surface area contributed by atoms with Gasteiger partial charge in [-0.15, -0.1) is 0 Å². The Labute approximate surface area is 114 Å². The minimum absolute atomic E-state index is 0.113. The van der Waals surface area contributed by atoms with Gasteiger partial charge in [-0.05, 0) is 31.1 Å². The van der Waals surface area contributed by atoms with Gasteiger partial charge in [-0.2, -0.15) is 0 Å². The second-order valence-electron chi connectivity index (χ2n) is 6.66. The van der Waals surface area contributed by atoms with Crippen LogP contribution in [0.5, 0.6) is 0 Å². The topological polar surface area (TPSA) is 55.1 Å². The average Bonchev–Trinajstić information content (AvgIpc) is 2.75. The highest BCUT2D eigenvalue weighted by Crippen LogP contribution is 2.38. The Balaban J connectivity index is 2.05. The van der Waals surface area contributed by atoms with E-state index < -0.39 is 0 Å². The fraction of sp³-hybridized carbons (Fsp3) is 0.733. The molecule has 19 heavy (non-hydrogen) atoms. The maximum atomic E-state index is 12.2. The number of aromatic nitrogens is 1. The molecule has 0 aromatic carbocycles. The van der Waals surface area contributed by atoms with Gasteiger partial charge in [-0.3, -0.25) is 4.79 Å². The zero-order valence-corrected chi connectivity index (χ0v) is 12.3. The lowest BCUT2D eigenvalue weighted by atomic mass is 9.69. The molecule has 106 valence electrons. The minimum atomic E-state index is -0.113. The van der Waals surface area contributed by atoms with Gasteiger partial charge in [0.1, 0.15) is 5.76 Å². The van der Waals surface area contributed by atoms with Crippen molar-refractivity contribution in [3.05, 3.63) is 17.5 Å². The lowest BCUT2D eigenvalue weighted by Crippen LogP contribution is -2.46. The van der Waals surface area contributed by atoms with E-state index in [1.54, 1.807) is 13.0 Å². The number of nitrogens with zero attached hydrogens (tertiary/aromatic N) is 1. The molecular weight excluding hydrogens is 240 g/mol. The molecule has 0 spiro atoms. The van der Waals surface area contributed by atoms with Gasteiger partial charge in [-0.1, -0.05) is 38.8 Å². The summed E-state index contributed by atoms with van der Waals surface area (Å²) in [5.74, 6) is 1.08. The van der Waals surface area contributed by atoms with E-state index in [4.69, 9.17) is 4.52 Å². The van der Waals surface area contributed by atoms with Crippen LogP contribution >= 0.6 is 0 Å². The highest BCUT2D eigenvalue weighted by atomic mass is 16.5. The van der Waals surface area contributed by atoms with Crippen LogP contribution in [0, 0.1) is 18.3 Å². The van der Waals surface area contributed by atoms with E-state index in [1.807, 2.05) is 0 Å². The van der Waals surface area contributed by atoms with Crippen LogP contribution in [0.25, 0.3) is 0 Å². The first-order chi connectivity index (χ1) is 8.88. The molecule has 2 atom stereocenters. The largest absolute Gasteiger partial charge is 0.361 e. The molecule has 1 heterocycles. The molecule has 1 fully saturated rings. The summed E-state index contributed by atoms with van der Waals surface area (Å²) in [6.07, 6.45) is 4.70. The number of hydrogen-bond acceptors (Lipinski definition) is 3. The first kappa shape index (κ1) is 14.1. The lowest BCUT2D eigenvalue weighted by molar-refractivity contribution is 0.0821. The molecule has 1 aliphatic carbocycles. The third-order valence-corrected chi connectivity index (χ3v) is 4.06. The van der Waals surface area contributed by atoms with Gasteiger partial charge < -0.3 is 9.84 Å². The lowest BCUT2D eigenvalue weighted by Gasteiger charge is -2.40. The second kappa shape index (κ2) is 5.35. The summed E-state index contributed by atoms with van der Waals surface area (Å²) in [7, 11) is 0. The van der Waals surface area contributed by atoms with Gasteiger partial charge in [0.2, 0.25) is 0 Å². The Hall–Kier alpha value is -1.32. The van der Waals surface area contributed by atoms with Crippen LogP contribution in [0.2, 0.25) is 0 Å². The molecule has 0 aliphatic heterocycles. The fourth-order valence-corrected chi connectivity index (χ4v) is 3.06. The average molecular weight is 264 g/mol. The quantitative estimate of drug-likeness (QED) is 0.891. The molecule has 4 heteroatoms. The van der Waals surface area contributed by atoms with E-state index in [-0.39, 0.29) is 17.4 Å². The molecule has 1 aliphatic rings. The number of rotatable bonds is 2. The van der Waals surface area contributed by atoms with Crippen molar-refractivity contribution >= 4 is 5.91 Å². The van der Waals surface area contributed by atoms with Crippen molar-refractivity contribution in [1.82, 2.24) is 10.5 Å². The number of carbonyl (C=O) groups is 1. The monoisotopic (exact) mass is 264 g/mol. The van der Waals surface area contributed by atoms with E-state index in [0.717, 1.165) is 6.42 Å². The van der Waals surface area contributed by atoms with Gasteiger partial charge in [0.05, 0.1) is 0 Å². The third-order valence-electron chi connectivity index (χ3n) is 4.06. The van der Waals surface area contributed by atoms with Crippen molar-refractivity contribution in [2.75, 3.05) is 0 Å². The number of carbonyl (C=O) groups excluding carboxylic acids is 1. The third kappa shape index (κ3) is 3.37. The fourth-order valence-electron chi connectivity index (χ4n) is 3.06. The summed E-state index contributed by atoms with van der Waals surface area (Å²) in [6.45, 7) is 8.55. The van der Waals surface area contributed by atoms with E-state index in [0.29, 0.717) is 17.4 Å². The molecule has 0 bridgehead atoms. The molecule has 1 amide bonds. The van der Waals surface area contributed by atoms with Crippen molar-refractivity contribution in [3.63, 3.8) is 0 Å². The van der Waals surface area contributed by atoms with E-state index in [2.05, 4.69) is 31.2 Å². The first-order valence-corrected chi connectivity index (χ1v) is 7.12. The predicted molar refractivity (Wildman–Crippen MR) is 73.9 cm³/mol. The van der Waals surface area contributed by atoms with Crippen LogP contribution in [0.3, 0.4) is 0 Å². The minimum Gasteiger partial charge on any atom is -0.361 e. The van der Waals surface area contributed by atoms with E-state index >= 15 is 0 Å². The molecule has 1 aromatic rings. The molecule has 0 radical (unpaired) electrons. The number of amides is 1. The van der Waals surface area contributed by atoms with Gasteiger partial charge >= 0.3 is 0 Å². The van der Waals surface area contributed by atoms with Crippen molar-refractivity contribution in [2.24, 2.45) is 11.3 Å². The number of nitrogens with one attached hydrogen (secondary N) is 1. The van der Waals surface area contributed by atoms with Crippen LogP contribution in [-0.4, -0.2) is 17.1 Å². The number of aryl methyl sites for hydroxylation is 1. The molecular formula is C15H24N2O2. The van der Waals surface area contributed by atoms with Gasteiger partial charge in [-0.25, -0.2) is 0 Å². The molecule has 4 nitrogen and oxygen atoms in total. The molecule has 0 unspecified atom stereocenters. The van der Waals surface area contributed by atoms with Crippen molar-refractivity contribution in [2.45, 2.75) is 59.4 Å². The summed E-state index contributed by atoms with van der Waals surface area (Å²) in [5.41, 5.74) is 0.605. The van der Waals surface area contributed by atoms with Crippen LogP contribution in [-0.2, 0) is 0 Å². The van der Waals surface area contributed by atoms with Crippen LogP contribution < -0.4 is 5.32 Å².